The van der Waals surface area contributed by atoms with Crippen molar-refractivity contribution in [3.8, 4) is 5.75 Å². The molecule has 0 N–H and O–H groups in total. The fraction of sp³-hybridized carbons (Fsp3) is 0.350. The minimum Gasteiger partial charge on any atom is -0.491 e. The van der Waals surface area contributed by atoms with Crippen LogP contribution in [-0.4, -0.2) is 44.1 Å². The minimum atomic E-state index is -0.575. The number of esters is 1. The highest BCUT2D eigenvalue weighted by Crippen LogP contribution is 2.26. The van der Waals surface area contributed by atoms with Gasteiger partial charge in [-0.15, -0.1) is 0 Å². The zero-order valence-electron chi connectivity index (χ0n) is 15.1. The number of benzene rings is 1. The van der Waals surface area contributed by atoms with Crippen LogP contribution in [0.1, 0.15) is 24.0 Å². The molecular weight excluding hydrogens is 350 g/mol. The Hall–Kier alpha value is -2.93. The van der Waals surface area contributed by atoms with Gasteiger partial charge < -0.3 is 19.0 Å². The largest absolute Gasteiger partial charge is 0.491 e. The molecule has 0 aliphatic heterocycles. The number of fused-ring (bicyclic) bond motifs is 1. The Labute approximate surface area is 158 Å². The minimum absolute atomic E-state index is 0.183. The standard InChI is InChI=1S/C20H23NO6/c1-3-19(22)26-13-11-24-10-12-25-16-8-9-17-15(14-16)6-5-7-18(17)21-27-20(23)4-2/h3-4,8-9,14H,1-2,5-7,10-13H2/b21-18-. The van der Waals surface area contributed by atoms with E-state index in [2.05, 4.69) is 18.3 Å². The van der Waals surface area contributed by atoms with E-state index in [9.17, 15) is 9.59 Å². The molecule has 0 atom stereocenters. The summed E-state index contributed by atoms with van der Waals surface area (Å²) in [5.41, 5.74) is 2.81. The van der Waals surface area contributed by atoms with Crippen molar-refractivity contribution in [1.29, 1.82) is 0 Å². The summed E-state index contributed by atoms with van der Waals surface area (Å²) in [6.07, 6.45) is 4.77. The molecule has 1 aromatic rings. The summed E-state index contributed by atoms with van der Waals surface area (Å²) in [6.45, 7) is 7.91. The number of nitrogens with zero attached hydrogens (tertiary/aromatic N) is 1. The van der Waals surface area contributed by atoms with Crippen LogP contribution in [0, 0.1) is 0 Å². The third-order valence-electron chi connectivity index (χ3n) is 3.79. The molecule has 1 aromatic carbocycles. The first-order valence-corrected chi connectivity index (χ1v) is 8.67. The van der Waals surface area contributed by atoms with Crippen LogP contribution in [0.4, 0.5) is 0 Å². The molecule has 0 heterocycles. The first-order chi connectivity index (χ1) is 13.1. The molecule has 7 nitrogen and oxygen atoms in total. The number of carbonyl (C=O) groups is 2. The van der Waals surface area contributed by atoms with Crippen LogP contribution < -0.4 is 4.74 Å². The molecule has 7 heteroatoms. The van der Waals surface area contributed by atoms with E-state index in [1.807, 2.05) is 18.2 Å². The third-order valence-corrected chi connectivity index (χ3v) is 3.79. The fourth-order valence-electron chi connectivity index (χ4n) is 2.54. The zero-order chi connectivity index (χ0) is 19.5. The molecule has 0 saturated carbocycles. The fourth-order valence-corrected chi connectivity index (χ4v) is 2.54. The van der Waals surface area contributed by atoms with Crippen LogP contribution in [0.2, 0.25) is 0 Å². The maximum absolute atomic E-state index is 11.2. The maximum atomic E-state index is 11.2. The number of rotatable bonds is 10. The lowest BCUT2D eigenvalue weighted by molar-refractivity contribution is -0.139. The molecule has 0 bridgehead atoms. The smallest absolute Gasteiger partial charge is 0.358 e. The maximum Gasteiger partial charge on any atom is 0.358 e. The predicted octanol–water partition coefficient (Wildman–Crippen LogP) is 2.58. The van der Waals surface area contributed by atoms with Gasteiger partial charge >= 0.3 is 11.9 Å². The van der Waals surface area contributed by atoms with Gasteiger partial charge in [0.05, 0.1) is 18.9 Å². The number of ether oxygens (including phenoxy) is 3. The second kappa shape index (κ2) is 10.9. The van der Waals surface area contributed by atoms with Crippen LogP contribution in [0.25, 0.3) is 0 Å². The average Bonchev–Trinajstić information content (AvgIpc) is 2.70. The monoisotopic (exact) mass is 373 g/mol. The van der Waals surface area contributed by atoms with Crippen molar-refractivity contribution in [1.82, 2.24) is 0 Å². The second-order valence-electron chi connectivity index (χ2n) is 5.66. The van der Waals surface area contributed by atoms with Gasteiger partial charge in [0.1, 0.15) is 19.0 Å². The van der Waals surface area contributed by atoms with Crippen molar-refractivity contribution in [2.45, 2.75) is 19.3 Å². The number of hydrogen-bond donors (Lipinski definition) is 0. The number of oxime groups is 1. The van der Waals surface area contributed by atoms with Crippen LogP contribution in [0.15, 0.2) is 48.7 Å². The van der Waals surface area contributed by atoms with E-state index < -0.39 is 11.9 Å². The molecular formula is C20H23NO6. The van der Waals surface area contributed by atoms with Crippen molar-refractivity contribution in [2.75, 3.05) is 26.4 Å². The Balaban J connectivity index is 1.80. The Morgan fingerprint density at radius 1 is 1.04 bits per heavy atom. The molecule has 1 aliphatic carbocycles. The van der Waals surface area contributed by atoms with Crippen molar-refractivity contribution >= 4 is 17.7 Å². The van der Waals surface area contributed by atoms with Gasteiger partial charge in [-0.1, -0.05) is 18.3 Å². The van der Waals surface area contributed by atoms with Gasteiger partial charge in [0.2, 0.25) is 0 Å². The van der Waals surface area contributed by atoms with Crippen molar-refractivity contribution in [3.05, 3.63) is 54.6 Å². The summed E-state index contributed by atoms with van der Waals surface area (Å²) in [6, 6.07) is 5.73. The summed E-state index contributed by atoms with van der Waals surface area (Å²) in [7, 11) is 0. The first-order valence-electron chi connectivity index (χ1n) is 8.67. The number of carbonyl (C=O) groups excluding carboxylic acids is 2. The van der Waals surface area contributed by atoms with E-state index in [1.165, 1.54) is 0 Å². The van der Waals surface area contributed by atoms with Crippen LogP contribution in [0.3, 0.4) is 0 Å². The molecule has 0 radical (unpaired) electrons. The summed E-state index contributed by atoms with van der Waals surface area (Å²) < 4.78 is 15.8. The zero-order valence-corrected chi connectivity index (χ0v) is 15.1. The number of hydrogen-bond acceptors (Lipinski definition) is 7. The highest BCUT2D eigenvalue weighted by Gasteiger charge is 2.17. The summed E-state index contributed by atoms with van der Waals surface area (Å²) in [5, 5.41) is 3.94. The van der Waals surface area contributed by atoms with Gasteiger partial charge in [0, 0.05) is 17.7 Å². The van der Waals surface area contributed by atoms with Gasteiger partial charge in [0.15, 0.2) is 0 Å². The molecule has 144 valence electrons. The average molecular weight is 373 g/mol. The van der Waals surface area contributed by atoms with E-state index in [1.54, 1.807) is 0 Å². The highest BCUT2D eigenvalue weighted by molar-refractivity contribution is 6.02. The Kier molecular flexibility index (Phi) is 8.25. The van der Waals surface area contributed by atoms with Gasteiger partial charge in [-0.3, -0.25) is 0 Å². The van der Waals surface area contributed by atoms with Crippen molar-refractivity contribution < 1.29 is 28.6 Å². The van der Waals surface area contributed by atoms with Crippen molar-refractivity contribution in [3.63, 3.8) is 0 Å². The predicted molar refractivity (Wildman–Crippen MR) is 99.7 cm³/mol. The number of aryl methyl sites for hydroxylation is 1. The van der Waals surface area contributed by atoms with Gasteiger partial charge in [-0.05, 0) is 43.0 Å². The van der Waals surface area contributed by atoms with Gasteiger partial charge in [0.25, 0.3) is 0 Å². The molecule has 0 saturated heterocycles. The molecule has 27 heavy (non-hydrogen) atoms. The summed E-state index contributed by atoms with van der Waals surface area (Å²) in [4.78, 5) is 26.8. The van der Waals surface area contributed by atoms with Crippen LogP contribution >= 0.6 is 0 Å². The first kappa shape index (κ1) is 20.4. The second-order valence-corrected chi connectivity index (χ2v) is 5.66. The molecule has 0 unspecified atom stereocenters. The van der Waals surface area contributed by atoms with E-state index in [0.717, 1.165) is 54.0 Å². The normalized spacial score (nSPS) is 14.1. The lowest BCUT2D eigenvalue weighted by atomic mass is 9.90. The summed E-state index contributed by atoms with van der Waals surface area (Å²) >= 11 is 0. The van der Waals surface area contributed by atoms with E-state index in [-0.39, 0.29) is 6.61 Å². The van der Waals surface area contributed by atoms with Gasteiger partial charge in [-0.25, -0.2) is 9.59 Å². The Morgan fingerprint density at radius 2 is 1.81 bits per heavy atom. The van der Waals surface area contributed by atoms with E-state index >= 15 is 0 Å². The van der Waals surface area contributed by atoms with E-state index in [0.29, 0.717) is 19.8 Å². The lowest BCUT2D eigenvalue weighted by Crippen LogP contribution is -2.14. The Morgan fingerprint density at radius 3 is 2.59 bits per heavy atom. The Bertz CT molecular complexity index is 725. The van der Waals surface area contributed by atoms with Crippen molar-refractivity contribution in [2.24, 2.45) is 5.16 Å². The lowest BCUT2D eigenvalue weighted by Gasteiger charge is -2.18. The summed E-state index contributed by atoms with van der Waals surface area (Å²) in [5.74, 6) is -0.306. The topological polar surface area (TPSA) is 83.4 Å². The molecule has 1 aliphatic rings. The quantitative estimate of drug-likeness (QED) is 0.206. The van der Waals surface area contributed by atoms with Gasteiger partial charge in [-0.2, -0.15) is 0 Å². The third kappa shape index (κ3) is 6.71. The molecule has 0 fully saturated rings. The molecule has 2 rings (SSSR count). The molecule has 0 aromatic heterocycles. The van der Waals surface area contributed by atoms with Crippen LogP contribution in [-0.2, 0) is 30.3 Å². The van der Waals surface area contributed by atoms with Crippen LogP contribution in [0.5, 0.6) is 5.75 Å². The molecule has 0 amide bonds. The highest BCUT2D eigenvalue weighted by atomic mass is 16.7. The van der Waals surface area contributed by atoms with E-state index in [4.69, 9.17) is 19.0 Å². The SMILES string of the molecule is C=CC(=O)OCCOCCOc1ccc2c(c1)CCC/C2=N/OC(=O)C=C. The molecule has 0 spiro atoms.